The van der Waals surface area contributed by atoms with E-state index in [4.69, 9.17) is 0 Å². The summed E-state index contributed by atoms with van der Waals surface area (Å²) in [6, 6.07) is 0. The largest absolute Gasteiger partial charge is 0.273 e. The summed E-state index contributed by atoms with van der Waals surface area (Å²) in [5.74, 6) is 0. The Kier molecular flexibility index (Phi) is 20.2. The summed E-state index contributed by atoms with van der Waals surface area (Å²) >= 11 is 0. The van der Waals surface area contributed by atoms with Crippen molar-refractivity contribution < 1.29 is 35.6 Å². The van der Waals surface area contributed by atoms with Gasteiger partial charge in [-0.15, -0.1) is 6.42 Å². The molecule has 1 aliphatic carbocycles. The Morgan fingerprint density at radius 3 is 2.00 bits per heavy atom. The topological polar surface area (TPSA) is 0 Å². The summed E-state index contributed by atoms with van der Waals surface area (Å²) in [5, 5.41) is 0. The van der Waals surface area contributed by atoms with Crippen LogP contribution in [0.25, 0.3) is 0 Å². The molecule has 0 fully saturated rings. The van der Waals surface area contributed by atoms with Gasteiger partial charge in [0.1, 0.15) is 0 Å². The van der Waals surface area contributed by atoms with Gasteiger partial charge in [0.2, 0.25) is 0 Å². The smallest absolute Gasteiger partial charge is 0 e. The van der Waals surface area contributed by atoms with Crippen molar-refractivity contribution in [1.82, 2.24) is 0 Å². The molecule has 46 valence electrons. The second kappa shape index (κ2) is 10.3. The number of halogens is 2. The fraction of sp³-hybridized carbons (Fsp3) is 0.200. The summed E-state index contributed by atoms with van der Waals surface area (Å²) < 4.78 is 0. The monoisotopic (exact) mass is 195 g/mol. The van der Waals surface area contributed by atoms with Crippen molar-refractivity contribution in [3.8, 4) is 0 Å². The minimum absolute atomic E-state index is 0. The quantitative estimate of drug-likeness (QED) is 0.516. The van der Waals surface area contributed by atoms with E-state index in [1.54, 1.807) is 0 Å². The molecule has 0 radical (unpaired) electrons. The molecule has 3 heteroatoms. The van der Waals surface area contributed by atoms with Crippen molar-refractivity contribution in [3.63, 3.8) is 0 Å². The normalized spacial score (nSPS) is 11.0. The van der Waals surface area contributed by atoms with Gasteiger partial charge < -0.3 is 0 Å². The van der Waals surface area contributed by atoms with Crippen molar-refractivity contribution in [1.29, 1.82) is 0 Å². The van der Waals surface area contributed by atoms with Gasteiger partial charge in [0.05, 0.1) is 0 Å². The number of rotatable bonds is 0. The average Bonchev–Trinajstić information content (AvgIpc) is 1.76. The maximum atomic E-state index is 2.99. The molecule has 0 saturated carbocycles. The molecule has 0 saturated heterocycles. The van der Waals surface area contributed by atoms with Crippen LogP contribution in [0.5, 0.6) is 0 Å². The number of hydrogen-bond acceptors (Lipinski definition) is 0. The molecule has 0 aromatic heterocycles. The minimum atomic E-state index is 0. The number of hydrogen-bond donors (Lipinski definition) is 0. The van der Waals surface area contributed by atoms with Crippen molar-refractivity contribution in [2.24, 2.45) is 0 Å². The van der Waals surface area contributed by atoms with Crippen molar-refractivity contribution >= 4 is 0 Å². The summed E-state index contributed by atoms with van der Waals surface area (Å²) in [6.45, 7) is 0. The van der Waals surface area contributed by atoms with Crippen LogP contribution in [0, 0.1) is 6.08 Å². The van der Waals surface area contributed by atoms with Gasteiger partial charge in [-0.2, -0.15) is 6.08 Å². The first-order chi connectivity index (χ1) is 2.50. The van der Waals surface area contributed by atoms with Crippen LogP contribution in [-0.2, 0) is 26.2 Å². The zero-order valence-corrected chi connectivity index (χ0v) is 6.71. The molecular formula is C5H7F2Zr-. The molecule has 0 atom stereocenters. The van der Waals surface area contributed by atoms with Crippen LogP contribution >= 0.6 is 0 Å². The van der Waals surface area contributed by atoms with E-state index in [-0.39, 0.29) is 35.6 Å². The Hall–Kier alpha value is 0.223. The first kappa shape index (κ1) is 15.7. The standard InChI is InChI=1S/C5H5.2FH.Zr/c1-2-4-5-3-1;;;/h1-3H,4H2;2*1H;/q-1;;;. The Labute approximate surface area is 66.5 Å². The van der Waals surface area contributed by atoms with E-state index < -0.39 is 0 Å². The SMILES string of the molecule is F.F.[C-]1=CC=CC1.[Zr]. The Morgan fingerprint density at radius 2 is 1.88 bits per heavy atom. The van der Waals surface area contributed by atoms with Gasteiger partial charge >= 0.3 is 0 Å². The number of allylic oxidation sites excluding steroid dienone is 4. The van der Waals surface area contributed by atoms with Crippen molar-refractivity contribution in [2.75, 3.05) is 0 Å². The van der Waals surface area contributed by atoms with Gasteiger partial charge in [0.25, 0.3) is 0 Å². The van der Waals surface area contributed by atoms with E-state index in [1.807, 2.05) is 12.2 Å². The first-order valence-corrected chi connectivity index (χ1v) is 1.72. The van der Waals surface area contributed by atoms with Gasteiger partial charge in [0.15, 0.2) is 0 Å². The average molecular weight is 196 g/mol. The molecule has 1 aliphatic rings. The van der Waals surface area contributed by atoms with Crippen LogP contribution in [0.1, 0.15) is 6.42 Å². The molecule has 0 unspecified atom stereocenters. The van der Waals surface area contributed by atoms with Crippen LogP contribution in [-0.4, -0.2) is 0 Å². The third-order valence-electron chi connectivity index (χ3n) is 0.586. The Balaban J connectivity index is -0.0000000833. The molecular weight excluding hydrogens is 189 g/mol. The molecule has 0 aromatic rings. The van der Waals surface area contributed by atoms with Gasteiger partial charge in [-0.3, -0.25) is 15.5 Å². The molecule has 0 aliphatic heterocycles. The summed E-state index contributed by atoms with van der Waals surface area (Å²) in [5.41, 5.74) is 0. The second-order valence-electron chi connectivity index (χ2n) is 1.00. The molecule has 1 rings (SSSR count). The summed E-state index contributed by atoms with van der Waals surface area (Å²) in [7, 11) is 0. The zero-order valence-electron chi connectivity index (χ0n) is 4.26. The van der Waals surface area contributed by atoms with Gasteiger partial charge in [-0.05, 0) is 0 Å². The van der Waals surface area contributed by atoms with E-state index in [1.165, 1.54) is 0 Å². The van der Waals surface area contributed by atoms with Crippen LogP contribution in [0.2, 0.25) is 0 Å². The Morgan fingerprint density at radius 1 is 1.25 bits per heavy atom. The molecule has 0 nitrogen and oxygen atoms in total. The molecule has 0 heterocycles. The van der Waals surface area contributed by atoms with Gasteiger partial charge in [0, 0.05) is 26.2 Å². The third-order valence-corrected chi connectivity index (χ3v) is 0.586. The van der Waals surface area contributed by atoms with E-state index >= 15 is 0 Å². The van der Waals surface area contributed by atoms with E-state index in [2.05, 4.69) is 12.2 Å². The van der Waals surface area contributed by atoms with Crippen LogP contribution in [0.15, 0.2) is 18.2 Å². The molecule has 0 amide bonds. The second-order valence-corrected chi connectivity index (χ2v) is 1.00. The fourth-order valence-corrected chi connectivity index (χ4v) is 0.340. The molecule has 0 bridgehead atoms. The summed E-state index contributed by atoms with van der Waals surface area (Å²) in [4.78, 5) is 0. The first-order valence-electron chi connectivity index (χ1n) is 1.72. The fourth-order valence-electron chi connectivity index (χ4n) is 0.340. The predicted molar refractivity (Wildman–Crippen MR) is 26.6 cm³/mol. The van der Waals surface area contributed by atoms with Crippen LogP contribution in [0.4, 0.5) is 9.41 Å². The molecule has 0 spiro atoms. The predicted octanol–water partition coefficient (Wildman–Crippen LogP) is 1.61. The van der Waals surface area contributed by atoms with Gasteiger partial charge in [-0.1, -0.05) is 0 Å². The van der Waals surface area contributed by atoms with Gasteiger partial charge in [-0.25, -0.2) is 12.2 Å². The molecule has 8 heavy (non-hydrogen) atoms. The maximum absolute atomic E-state index is 2.99. The molecule has 0 N–H and O–H groups in total. The van der Waals surface area contributed by atoms with Crippen molar-refractivity contribution in [2.45, 2.75) is 6.42 Å². The van der Waals surface area contributed by atoms with E-state index in [0.29, 0.717) is 0 Å². The minimum Gasteiger partial charge on any atom is -0.273 e. The third kappa shape index (κ3) is 6.22. The van der Waals surface area contributed by atoms with Crippen LogP contribution in [0.3, 0.4) is 0 Å². The molecule has 0 aromatic carbocycles. The van der Waals surface area contributed by atoms with E-state index in [0.717, 1.165) is 6.42 Å². The van der Waals surface area contributed by atoms with E-state index in [9.17, 15) is 0 Å². The Bertz CT molecular complexity index is 68.5. The maximum Gasteiger partial charge on any atom is 0 e. The van der Waals surface area contributed by atoms with Crippen molar-refractivity contribution in [3.05, 3.63) is 24.3 Å². The summed E-state index contributed by atoms with van der Waals surface area (Å²) in [6.07, 6.45) is 10.0. The van der Waals surface area contributed by atoms with Crippen LogP contribution < -0.4 is 0 Å². The zero-order chi connectivity index (χ0) is 3.54.